The van der Waals surface area contributed by atoms with Gasteiger partial charge in [-0.2, -0.15) is 0 Å². The first kappa shape index (κ1) is 25.1. The van der Waals surface area contributed by atoms with Crippen LogP contribution in [0.1, 0.15) is 62.7 Å². The highest BCUT2D eigenvalue weighted by atomic mass is 28.2. The molecule has 32 heavy (non-hydrogen) atoms. The van der Waals surface area contributed by atoms with Crippen LogP contribution < -0.4 is 14.8 Å². The molecule has 1 saturated heterocycles. The highest BCUT2D eigenvalue weighted by molar-refractivity contribution is 6.38. The topological polar surface area (TPSA) is 60.0 Å². The van der Waals surface area contributed by atoms with E-state index in [-0.39, 0.29) is 11.9 Å². The van der Waals surface area contributed by atoms with Gasteiger partial charge in [0.2, 0.25) is 0 Å². The molecule has 2 aliphatic rings. The molecule has 0 unspecified atom stereocenters. The van der Waals surface area contributed by atoms with E-state index in [9.17, 15) is 4.79 Å². The Balaban J connectivity index is 1.60. The normalized spacial score (nSPS) is 20.9. The number of rotatable bonds is 13. The minimum atomic E-state index is 0.0908. The number of methoxy groups -OCH3 is 2. The zero-order valence-electron chi connectivity index (χ0n) is 20.2. The molecule has 7 heteroatoms. The number of hydrogen-bond acceptors (Lipinski definition) is 5. The van der Waals surface area contributed by atoms with E-state index < -0.39 is 0 Å². The summed E-state index contributed by atoms with van der Waals surface area (Å²) in [5.41, 5.74) is 1.48. The highest BCUT2D eigenvalue weighted by Gasteiger charge is 2.32. The Hall–Kier alpha value is -1.57. The van der Waals surface area contributed by atoms with Gasteiger partial charge in [-0.05, 0) is 75.9 Å². The maximum Gasteiger partial charge on any atom is 0.254 e. The van der Waals surface area contributed by atoms with E-state index in [1.54, 1.807) is 14.2 Å². The average molecular weight is 461 g/mol. The summed E-state index contributed by atoms with van der Waals surface area (Å²) >= 11 is 0. The molecule has 178 valence electrons. The number of carbonyl (C=O) groups excluding carboxylic acids is 1. The summed E-state index contributed by atoms with van der Waals surface area (Å²) in [5.74, 6) is 1.36. The maximum atomic E-state index is 13.6. The summed E-state index contributed by atoms with van der Waals surface area (Å²) in [5, 5.41) is 3.64. The molecular weight excluding hydrogens is 420 g/mol. The molecule has 1 aliphatic carbocycles. The van der Waals surface area contributed by atoms with Crippen molar-refractivity contribution in [2.75, 3.05) is 34.0 Å². The number of ether oxygens (including phenoxy) is 3. The highest BCUT2D eigenvalue weighted by Crippen LogP contribution is 2.33. The number of hydrogen-bond donors (Lipinski definition) is 1. The lowest BCUT2D eigenvalue weighted by Gasteiger charge is -2.39. The molecule has 1 saturated carbocycles. The van der Waals surface area contributed by atoms with Crippen molar-refractivity contribution >= 4 is 15.4 Å². The fourth-order valence-corrected chi connectivity index (χ4v) is 6.14. The molecule has 2 radical (unpaired) electrons. The van der Waals surface area contributed by atoms with E-state index in [4.69, 9.17) is 14.2 Å². The van der Waals surface area contributed by atoms with Crippen molar-refractivity contribution in [1.82, 2.24) is 10.2 Å². The Kier molecular flexibility index (Phi) is 9.87. The second kappa shape index (κ2) is 12.6. The summed E-state index contributed by atoms with van der Waals surface area (Å²) < 4.78 is 16.4. The molecule has 2 fully saturated rings. The molecule has 1 N–H and O–H groups in total. The second-order valence-corrected chi connectivity index (χ2v) is 10.9. The third kappa shape index (κ3) is 7.22. The van der Waals surface area contributed by atoms with Crippen molar-refractivity contribution in [3.8, 4) is 11.5 Å². The maximum absolute atomic E-state index is 13.6. The zero-order valence-corrected chi connectivity index (χ0v) is 21.2. The molecule has 1 aliphatic heterocycles. The summed E-state index contributed by atoms with van der Waals surface area (Å²) in [6.07, 6.45) is 7.09. The second-order valence-electron chi connectivity index (χ2n) is 9.22. The van der Waals surface area contributed by atoms with Gasteiger partial charge in [0.1, 0.15) is 0 Å². The van der Waals surface area contributed by atoms with E-state index in [0.717, 1.165) is 46.5 Å². The first-order valence-corrected chi connectivity index (χ1v) is 13.4. The molecule has 1 heterocycles. The van der Waals surface area contributed by atoms with Crippen LogP contribution in [-0.4, -0.2) is 72.4 Å². The monoisotopic (exact) mass is 460 g/mol. The predicted octanol–water partition coefficient (Wildman–Crippen LogP) is 4.18. The van der Waals surface area contributed by atoms with E-state index in [1.165, 1.54) is 25.7 Å². The molecule has 1 aromatic rings. The molecule has 6 nitrogen and oxygen atoms in total. The molecule has 2 atom stereocenters. The van der Waals surface area contributed by atoms with Crippen LogP contribution in [0.25, 0.3) is 0 Å². The van der Waals surface area contributed by atoms with E-state index >= 15 is 0 Å². The molecular formula is C25H40N2O4Si. The zero-order chi connectivity index (χ0) is 22.9. The van der Waals surface area contributed by atoms with E-state index in [1.807, 2.05) is 18.2 Å². The van der Waals surface area contributed by atoms with Crippen molar-refractivity contribution in [2.45, 2.75) is 82.1 Å². The van der Waals surface area contributed by atoms with Crippen LogP contribution in [0, 0.1) is 0 Å². The molecule has 0 bridgehead atoms. The van der Waals surface area contributed by atoms with Gasteiger partial charge in [0, 0.05) is 53.3 Å². The van der Waals surface area contributed by atoms with Crippen molar-refractivity contribution in [1.29, 1.82) is 0 Å². The van der Waals surface area contributed by atoms with Crippen molar-refractivity contribution in [2.24, 2.45) is 0 Å². The Morgan fingerprint density at radius 2 is 1.97 bits per heavy atom. The third-order valence-electron chi connectivity index (χ3n) is 6.34. The Labute approximate surface area is 196 Å². The predicted molar refractivity (Wildman–Crippen MR) is 129 cm³/mol. The Morgan fingerprint density at radius 3 is 2.59 bits per heavy atom. The number of amides is 1. The van der Waals surface area contributed by atoms with Gasteiger partial charge in [0.15, 0.2) is 11.5 Å². The number of nitrogens with zero attached hydrogens (tertiary/aromatic N) is 1. The van der Waals surface area contributed by atoms with Gasteiger partial charge in [-0.1, -0.05) is 6.42 Å². The number of benzene rings is 1. The van der Waals surface area contributed by atoms with Gasteiger partial charge in [-0.25, -0.2) is 0 Å². The van der Waals surface area contributed by atoms with Crippen molar-refractivity contribution < 1.29 is 19.0 Å². The van der Waals surface area contributed by atoms with Gasteiger partial charge in [-0.15, -0.1) is 0 Å². The molecule has 1 aromatic carbocycles. The lowest BCUT2D eigenvalue weighted by Crippen LogP contribution is -2.47. The standard InChI is InChI=1S/C25H40N2O4Si/c1-18(2)27(21-9-10-22(32-17-21)12-13-26-20-7-8-20)25(28)19-6-11-23(30-4)24(16-19)31-15-5-14-29-3/h6,11,16,18,20-22,26H,5,7-10,12-15,17H2,1-4H3/t21-,22-/m1/s1. The van der Waals surface area contributed by atoms with Crippen LogP contribution in [0.3, 0.4) is 0 Å². The van der Waals surface area contributed by atoms with Gasteiger partial charge < -0.3 is 24.4 Å². The van der Waals surface area contributed by atoms with Crippen LogP contribution in [-0.2, 0) is 4.74 Å². The smallest absolute Gasteiger partial charge is 0.254 e. The summed E-state index contributed by atoms with van der Waals surface area (Å²) in [7, 11) is 4.24. The minimum Gasteiger partial charge on any atom is -0.493 e. The van der Waals surface area contributed by atoms with E-state index in [2.05, 4.69) is 24.1 Å². The largest absolute Gasteiger partial charge is 0.493 e. The van der Waals surface area contributed by atoms with Gasteiger partial charge in [0.25, 0.3) is 5.91 Å². The fraction of sp³-hybridized carbons (Fsp3) is 0.720. The van der Waals surface area contributed by atoms with Crippen molar-refractivity contribution in [3.05, 3.63) is 23.8 Å². The van der Waals surface area contributed by atoms with Gasteiger partial charge in [-0.3, -0.25) is 4.79 Å². The number of carbonyl (C=O) groups is 1. The van der Waals surface area contributed by atoms with Crippen LogP contribution in [0.2, 0.25) is 11.6 Å². The molecule has 1 amide bonds. The first-order chi connectivity index (χ1) is 15.5. The lowest BCUT2D eigenvalue weighted by molar-refractivity contribution is 0.0606. The Bertz CT molecular complexity index is 718. The SMILES string of the molecule is COCCCOc1cc(C(=O)N(C(C)C)[C@@H]2CC[C@H](CCNC3CC3)[Si]C2)ccc1OC. The van der Waals surface area contributed by atoms with Crippen LogP contribution in [0.4, 0.5) is 0 Å². The lowest BCUT2D eigenvalue weighted by atomic mass is 10.0. The quantitative estimate of drug-likeness (QED) is 0.354. The van der Waals surface area contributed by atoms with Crippen LogP contribution >= 0.6 is 0 Å². The van der Waals surface area contributed by atoms with Crippen LogP contribution in [0.15, 0.2) is 18.2 Å². The van der Waals surface area contributed by atoms with Gasteiger partial charge >= 0.3 is 0 Å². The average Bonchev–Trinajstić information content (AvgIpc) is 3.62. The summed E-state index contributed by atoms with van der Waals surface area (Å²) in [6.45, 7) is 6.56. The molecule has 0 spiro atoms. The number of nitrogens with one attached hydrogen (secondary N) is 1. The first-order valence-electron chi connectivity index (χ1n) is 12.1. The fourth-order valence-electron chi connectivity index (χ4n) is 4.41. The summed E-state index contributed by atoms with van der Waals surface area (Å²) in [4.78, 5) is 15.7. The van der Waals surface area contributed by atoms with E-state index in [0.29, 0.717) is 36.3 Å². The summed E-state index contributed by atoms with van der Waals surface area (Å²) in [6, 6.07) is 7.93. The van der Waals surface area contributed by atoms with Crippen LogP contribution in [0.5, 0.6) is 11.5 Å². The van der Waals surface area contributed by atoms with Gasteiger partial charge in [0.05, 0.1) is 13.7 Å². The minimum absolute atomic E-state index is 0.0908. The molecule has 0 aromatic heterocycles. The third-order valence-corrected chi connectivity index (χ3v) is 8.20. The van der Waals surface area contributed by atoms with Crippen molar-refractivity contribution in [3.63, 3.8) is 0 Å². The Morgan fingerprint density at radius 1 is 1.16 bits per heavy atom. The molecule has 3 rings (SSSR count).